The third-order valence-corrected chi connectivity index (χ3v) is 2.36. The fraction of sp³-hybridized carbons (Fsp3) is 0.636. The molecule has 1 aliphatic rings. The van der Waals surface area contributed by atoms with Crippen molar-refractivity contribution in [1.29, 1.82) is 0 Å². The van der Waals surface area contributed by atoms with Gasteiger partial charge in [-0.3, -0.25) is 9.59 Å². The molecule has 1 fully saturated rings. The SMILES string of the molecule is C#CC1CC(=O)N(CC(=O)NCCC)C1. The Morgan fingerprint density at radius 1 is 1.73 bits per heavy atom. The smallest absolute Gasteiger partial charge is 0.239 e. The van der Waals surface area contributed by atoms with Crippen molar-refractivity contribution in [1.82, 2.24) is 10.2 Å². The summed E-state index contributed by atoms with van der Waals surface area (Å²) in [4.78, 5) is 24.3. The van der Waals surface area contributed by atoms with Crippen molar-refractivity contribution in [2.45, 2.75) is 19.8 Å². The van der Waals surface area contributed by atoms with Gasteiger partial charge in [0.05, 0.1) is 6.54 Å². The van der Waals surface area contributed by atoms with Gasteiger partial charge in [0.15, 0.2) is 0 Å². The normalized spacial score (nSPS) is 20.1. The lowest BCUT2D eigenvalue weighted by molar-refractivity contribution is -0.133. The fourth-order valence-corrected chi connectivity index (χ4v) is 1.53. The van der Waals surface area contributed by atoms with Gasteiger partial charge in [-0.1, -0.05) is 6.92 Å². The molecular formula is C11H16N2O2. The second-order valence-corrected chi connectivity index (χ2v) is 3.69. The zero-order valence-corrected chi connectivity index (χ0v) is 8.95. The average Bonchev–Trinajstić information content (AvgIpc) is 2.57. The van der Waals surface area contributed by atoms with Crippen molar-refractivity contribution < 1.29 is 9.59 Å². The van der Waals surface area contributed by atoms with E-state index in [9.17, 15) is 9.59 Å². The van der Waals surface area contributed by atoms with Crippen LogP contribution in [-0.2, 0) is 9.59 Å². The summed E-state index contributed by atoms with van der Waals surface area (Å²) in [5, 5.41) is 2.73. The van der Waals surface area contributed by atoms with Crippen LogP contribution < -0.4 is 5.32 Å². The highest BCUT2D eigenvalue weighted by atomic mass is 16.2. The predicted octanol–water partition coefficient (Wildman–Crippen LogP) is -0.00570. The Kier molecular flexibility index (Phi) is 4.17. The largest absolute Gasteiger partial charge is 0.355 e. The Bertz CT molecular complexity index is 293. The lowest BCUT2D eigenvalue weighted by Gasteiger charge is -2.14. The Morgan fingerprint density at radius 2 is 2.47 bits per heavy atom. The summed E-state index contributed by atoms with van der Waals surface area (Å²) >= 11 is 0. The molecule has 0 radical (unpaired) electrons. The third-order valence-electron chi connectivity index (χ3n) is 2.36. The van der Waals surface area contributed by atoms with Gasteiger partial charge in [-0.15, -0.1) is 12.3 Å². The van der Waals surface area contributed by atoms with E-state index in [4.69, 9.17) is 6.42 Å². The van der Waals surface area contributed by atoms with Gasteiger partial charge >= 0.3 is 0 Å². The highest BCUT2D eigenvalue weighted by Gasteiger charge is 2.29. The zero-order valence-electron chi connectivity index (χ0n) is 8.95. The molecule has 2 amide bonds. The number of nitrogens with one attached hydrogen (secondary N) is 1. The molecule has 0 aromatic heterocycles. The van der Waals surface area contributed by atoms with E-state index in [1.165, 1.54) is 4.90 Å². The second kappa shape index (κ2) is 5.40. The van der Waals surface area contributed by atoms with Crippen molar-refractivity contribution in [2.75, 3.05) is 19.6 Å². The van der Waals surface area contributed by atoms with E-state index < -0.39 is 0 Å². The maximum atomic E-state index is 11.4. The minimum Gasteiger partial charge on any atom is -0.355 e. The van der Waals surface area contributed by atoms with E-state index in [1.807, 2.05) is 6.92 Å². The molecule has 0 aromatic rings. The second-order valence-electron chi connectivity index (χ2n) is 3.69. The van der Waals surface area contributed by atoms with Crippen molar-refractivity contribution in [3.63, 3.8) is 0 Å². The average molecular weight is 208 g/mol. The number of rotatable bonds is 4. The van der Waals surface area contributed by atoms with Crippen LogP contribution in [0.25, 0.3) is 0 Å². The van der Waals surface area contributed by atoms with Gasteiger partial charge in [0, 0.05) is 25.4 Å². The van der Waals surface area contributed by atoms with Crippen molar-refractivity contribution >= 4 is 11.8 Å². The minimum absolute atomic E-state index is 0.0235. The lowest BCUT2D eigenvalue weighted by atomic mass is 10.1. The quantitative estimate of drug-likeness (QED) is 0.661. The molecule has 1 aliphatic heterocycles. The number of carbonyl (C=O) groups excluding carboxylic acids is 2. The van der Waals surface area contributed by atoms with E-state index in [0.717, 1.165) is 6.42 Å². The van der Waals surface area contributed by atoms with Crippen LogP contribution in [0.5, 0.6) is 0 Å². The zero-order chi connectivity index (χ0) is 11.3. The molecule has 1 atom stereocenters. The van der Waals surface area contributed by atoms with Crippen molar-refractivity contribution in [3.8, 4) is 12.3 Å². The number of nitrogens with zero attached hydrogens (tertiary/aromatic N) is 1. The highest BCUT2D eigenvalue weighted by molar-refractivity contribution is 5.86. The van der Waals surface area contributed by atoms with Gasteiger partial charge in [-0.25, -0.2) is 0 Å². The first-order valence-corrected chi connectivity index (χ1v) is 5.18. The Hall–Kier alpha value is -1.50. The number of amides is 2. The Morgan fingerprint density at radius 3 is 3.00 bits per heavy atom. The summed E-state index contributed by atoms with van der Waals surface area (Å²) in [5.74, 6) is 2.38. The van der Waals surface area contributed by atoms with Crippen molar-refractivity contribution in [3.05, 3.63) is 0 Å². The van der Waals surface area contributed by atoms with Crippen LogP contribution in [0.1, 0.15) is 19.8 Å². The standard InChI is InChI=1S/C11H16N2O2/c1-3-5-12-10(14)8-13-7-9(4-2)6-11(13)15/h2,9H,3,5-8H2,1H3,(H,12,14). The number of hydrogen-bond donors (Lipinski definition) is 1. The van der Waals surface area contributed by atoms with Gasteiger partial charge in [-0.05, 0) is 6.42 Å². The summed E-state index contributed by atoms with van der Waals surface area (Å²) < 4.78 is 0. The summed E-state index contributed by atoms with van der Waals surface area (Å²) in [6, 6.07) is 0. The first-order valence-electron chi connectivity index (χ1n) is 5.18. The number of likely N-dealkylation sites (tertiary alicyclic amines) is 1. The maximum absolute atomic E-state index is 11.4. The van der Waals surface area contributed by atoms with E-state index in [0.29, 0.717) is 19.5 Å². The molecule has 4 nitrogen and oxygen atoms in total. The van der Waals surface area contributed by atoms with E-state index >= 15 is 0 Å². The number of hydrogen-bond acceptors (Lipinski definition) is 2. The van der Waals surface area contributed by atoms with Crippen LogP contribution in [0.2, 0.25) is 0 Å². The molecule has 1 N–H and O–H groups in total. The van der Waals surface area contributed by atoms with E-state index in [-0.39, 0.29) is 24.3 Å². The van der Waals surface area contributed by atoms with Gasteiger partial charge in [-0.2, -0.15) is 0 Å². The molecule has 1 saturated heterocycles. The first-order chi connectivity index (χ1) is 7.17. The van der Waals surface area contributed by atoms with Crippen LogP contribution in [-0.4, -0.2) is 36.3 Å². The highest BCUT2D eigenvalue weighted by Crippen LogP contribution is 2.15. The molecule has 0 spiro atoms. The minimum atomic E-state index is -0.108. The molecule has 0 aromatic carbocycles. The van der Waals surface area contributed by atoms with Crippen LogP contribution in [0.15, 0.2) is 0 Å². The Balaban J connectivity index is 2.36. The molecule has 4 heteroatoms. The Labute approximate surface area is 90.0 Å². The van der Waals surface area contributed by atoms with Gasteiger partial charge in [0.1, 0.15) is 0 Å². The maximum Gasteiger partial charge on any atom is 0.239 e. The molecule has 15 heavy (non-hydrogen) atoms. The molecule has 82 valence electrons. The van der Waals surface area contributed by atoms with E-state index in [1.54, 1.807) is 0 Å². The number of carbonyl (C=O) groups is 2. The van der Waals surface area contributed by atoms with Gasteiger partial charge in [0.2, 0.25) is 11.8 Å². The van der Waals surface area contributed by atoms with Crippen LogP contribution in [0.3, 0.4) is 0 Å². The predicted molar refractivity (Wildman–Crippen MR) is 56.8 cm³/mol. The van der Waals surface area contributed by atoms with Crippen LogP contribution >= 0.6 is 0 Å². The van der Waals surface area contributed by atoms with Gasteiger partial charge < -0.3 is 10.2 Å². The molecule has 1 heterocycles. The molecule has 0 saturated carbocycles. The molecule has 0 bridgehead atoms. The monoisotopic (exact) mass is 208 g/mol. The van der Waals surface area contributed by atoms with E-state index in [2.05, 4.69) is 11.2 Å². The summed E-state index contributed by atoms with van der Waals surface area (Å²) in [7, 11) is 0. The molecule has 1 rings (SSSR count). The molecule has 0 aliphatic carbocycles. The van der Waals surface area contributed by atoms with Gasteiger partial charge in [0.25, 0.3) is 0 Å². The third kappa shape index (κ3) is 3.28. The van der Waals surface area contributed by atoms with Crippen LogP contribution in [0.4, 0.5) is 0 Å². The summed E-state index contributed by atoms with van der Waals surface area (Å²) in [5.41, 5.74) is 0. The van der Waals surface area contributed by atoms with Crippen LogP contribution in [0, 0.1) is 18.3 Å². The lowest BCUT2D eigenvalue weighted by Crippen LogP contribution is -2.38. The summed E-state index contributed by atoms with van der Waals surface area (Å²) in [6.07, 6.45) is 6.51. The molecular weight excluding hydrogens is 192 g/mol. The number of terminal acetylenes is 1. The first kappa shape index (κ1) is 11.6. The molecule has 1 unspecified atom stereocenters. The summed E-state index contributed by atoms with van der Waals surface area (Å²) in [6.45, 7) is 3.28. The topological polar surface area (TPSA) is 49.4 Å². The van der Waals surface area contributed by atoms with Crippen molar-refractivity contribution in [2.24, 2.45) is 5.92 Å². The fourth-order valence-electron chi connectivity index (χ4n) is 1.53.